The molecule has 0 amide bonds. The number of aliphatic carboxylic acids is 3. The van der Waals surface area contributed by atoms with E-state index in [1.165, 1.54) is 0 Å². The first kappa shape index (κ1) is 16.8. The fraction of sp³-hybridized carbons (Fsp3) is 0.400. The van der Waals surface area contributed by atoms with Crippen molar-refractivity contribution in [1.29, 1.82) is 0 Å². The van der Waals surface area contributed by atoms with Gasteiger partial charge in [0, 0.05) is 14.0 Å². The molecule has 12 heavy (non-hydrogen) atoms. The normalized spacial score (nSPS) is 6.25. The van der Waals surface area contributed by atoms with Crippen LogP contribution in [0.15, 0.2) is 0 Å². The fourth-order valence-corrected chi connectivity index (χ4v) is 0. The molecule has 4 N–H and O–H groups in total. The number of carboxylic acids is 3. The molecule has 0 unspecified atom stereocenters. The van der Waals surface area contributed by atoms with E-state index >= 15 is 0 Å². The summed E-state index contributed by atoms with van der Waals surface area (Å²) in [4.78, 5) is 27.2. The number of hydrogen-bond acceptors (Lipinski definition) is 4. The van der Waals surface area contributed by atoms with E-state index < -0.39 is 17.9 Å². The van der Waals surface area contributed by atoms with E-state index in [2.05, 4.69) is 0 Å². The van der Waals surface area contributed by atoms with E-state index in [1.807, 2.05) is 0 Å². The third kappa shape index (κ3) is 80.9. The van der Waals surface area contributed by atoms with Gasteiger partial charge in [-0.2, -0.15) is 0 Å². The molecular formula is C5H10O7. The van der Waals surface area contributed by atoms with Crippen LogP contribution in [-0.4, -0.2) is 45.4 Å². The lowest BCUT2D eigenvalue weighted by Gasteiger charge is -1.72. The number of carboxylic acid groups (broad SMARTS) is 3. The summed E-state index contributed by atoms with van der Waals surface area (Å²) in [6.07, 6.45) is 0. The topological polar surface area (TPSA) is 132 Å². The molecule has 7 nitrogen and oxygen atoms in total. The molecule has 0 aliphatic rings. The molecule has 0 radical (unpaired) electrons. The first-order valence-electron chi connectivity index (χ1n) is 2.48. The zero-order valence-corrected chi connectivity index (χ0v) is 6.51. The van der Waals surface area contributed by atoms with Crippen molar-refractivity contribution in [2.24, 2.45) is 0 Å². The minimum Gasteiger partial charge on any atom is -0.481 e. The summed E-state index contributed by atoms with van der Waals surface area (Å²) < 4.78 is 0. The first-order chi connectivity index (χ1) is 5.37. The van der Waals surface area contributed by atoms with Gasteiger partial charge in [0.05, 0.1) is 0 Å². The Morgan fingerprint density at radius 2 is 0.917 bits per heavy atom. The van der Waals surface area contributed by atoms with Crippen LogP contribution < -0.4 is 0 Å². The monoisotopic (exact) mass is 182 g/mol. The second-order valence-electron chi connectivity index (χ2n) is 1.13. The molecule has 0 aromatic heterocycles. The Balaban J connectivity index is -0.000000118. The Morgan fingerprint density at radius 1 is 0.833 bits per heavy atom. The van der Waals surface area contributed by atoms with Crippen LogP contribution in [0.3, 0.4) is 0 Å². The molecule has 0 aromatic carbocycles. The Bertz CT molecular complexity index is 134. The molecular weight excluding hydrogens is 172 g/mol. The van der Waals surface area contributed by atoms with E-state index in [-0.39, 0.29) is 0 Å². The predicted molar refractivity (Wildman–Crippen MR) is 36.7 cm³/mol. The van der Waals surface area contributed by atoms with Gasteiger partial charge in [-0.25, -0.2) is 9.59 Å². The van der Waals surface area contributed by atoms with Gasteiger partial charge in [-0.05, 0) is 0 Å². The fourth-order valence-electron chi connectivity index (χ4n) is 0. The van der Waals surface area contributed by atoms with Crippen molar-refractivity contribution in [3.05, 3.63) is 0 Å². The number of carbonyl (C=O) groups is 3. The van der Waals surface area contributed by atoms with E-state index in [1.54, 1.807) is 0 Å². The minimum atomic E-state index is -1.82. The van der Waals surface area contributed by atoms with Gasteiger partial charge >= 0.3 is 11.9 Å². The van der Waals surface area contributed by atoms with Gasteiger partial charge in [0.25, 0.3) is 5.97 Å². The second-order valence-corrected chi connectivity index (χ2v) is 1.13. The first-order valence-corrected chi connectivity index (χ1v) is 2.48. The molecule has 0 bridgehead atoms. The maximum absolute atomic E-state index is 9.10. The van der Waals surface area contributed by atoms with Crippen molar-refractivity contribution >= 4 is 17.9 Å². The van der Waals surface area contributed by atoms with Crippen LogP contribution in [0.5, 0.6) is 0 Å². The third-order valence-corrected chi connectivity index (χ3v) is 0.183. The lowest BCUT2D eigenvalue weighted by Crippen LogP contribution is -2.09. The van der Waals surface area contributed by atoms with Gasteiger partial charge in [-0.3, -0.25) is 4.79 Å². The molecule has 0 atom stereocenters. The van der Waals surface area contributed by atoms with Crippen LogP contribution in [0.4, 0.5) is 0 Å². The standard InChI is InChI=1S/C2H2O4.C2H4O2.CH4O/c3-1(4)2(5)6;1-2(3)4;1-2/h(H,3,4)(H,5,6);1H3,(H,3,4);2H,1H3. The molecule has 0 saturated carbocycles. The highest BCUT2D eigenvalue weighted by atomic mass is 16.4. The Labute approximate surface area is 67.9 Å². The summed E-state index contributed by atoms with van der Waals surface area (Å²) in [6.45, 7) is 1.08. The molecule has 0 saturated heterocycles. The minimum absolute atomic E-state index is 0.833. The molecule has 0 fully saturated rings. The molecule has 0 heterocycles. The molecule has 0 aromatic rings. The molecule has 0 aliphatic heterocycles. The average Bonchev–Trinajstić information content (AvgIpc) is 1.90. The van der Waals surface area contributed by atoms with Crippen molar-refractivity contribution < 1.29 is 34.8 Å². The van der Waals surface area contributed by atoms with Crippen molar-refractivity contribution in [3.8, 4) is 0 Å². The van der Waals surface area contributed by atoms with Gasteiger partial charge in [0.15, 0.2) is 0 Å². The number of aliphatic hydroxyl groups is 1. The molecule has 0 rings (SSSR count). The lowest BCUT2D eigenvalue weighted by molar-refractivity contribution is -0.159. The van der Waals surface area contributed by atoms with Crippen LogP contribution in [0.1, 0.15) is 6.92 Å². The largest absolute Gasteiger partial charge is 0.481 e. The summed E-state index contributed by atoms with van der Waals surface area (Å²) in [5.74, 6) is -4.48. The summed E-state index contributed by atoms with van der Waals surface area (Å²) in [6, 6.07) is 0. The van der Waals surface area contributed by atoms with Crippen LogP contribution >= 0.6 is 0 Å². The van der Waals surface area contributed by atoms with E-state index in [9.17, 15) is 0 Å². The van der Waals surface area contributed by atoms with Gasteiger partial charge in [0.1, 0.15) is 0 Å². The Kier molecular flexibility index (Phi) is 16.9. The quantitative estimate of drug-likeness (QED) is 0.348. The van der Waals surface area contributed by atoms with Gasteiger partial charge in [0.2, 0.25) is 0 Å². The highest BCUT2D eigenvalue weighted by molar-refractivity contribution is 6.27. The summed E-state index contributed by atoms with van der Waals surface area (Å²) >= 11 is 0. The highest BCUT2D eigenvalue weighted by Crippen LogP contribution is 1.56. The molecule has 0 aliphatic carbocycles. The molecule has 0 spiro atoms. The van der Waals surface area contributed by atoms with Crippen molar-refractivity contribution in [2.75, 3.05) is 7.11 Å². The van der Waals surface area contributed by atoms with Gasteiger partial charge < -0.3 is 20.4 Å². The number of aliphatic hydroxyl groups excluding tert-OH is 1. The highest BCUT2D eigenvalue weighted by Gasteiger charge is 2.04. The van der Waals surface area contributed by atoms with Gasteiger partial charge in [-0.1, -0.05) is 0 Å². The van der Waals surface area contributed by atoms with E-state index in [0.717, 1.165) is 14.0 Å². The zero-order valence-electron chi connectivity index (χ0n) is 6.51. The van der Waals surface area contributed by atoms with E-state index in [4.69, 9.17) is 34.8 Å². The predicted octanol–water partition coefficient (Wildman–Crippen LogP) is -1.14. The van der Waals surface area contributed by atoms with Crippen LogP contribution in [-0.2, 0) is 14.4 Å². The van der Waals surface area contributed by atoms with Crippen LogP contribution in [0.25, 0.3) is 0 Å². The number of rotatable bonds is 0. The molecule has 7 heteroatoms. The smallest absolute Gasteiger partial charge is 0.414 e. The zero-order chi connectivity index (χ0) is 10.7. The summed E-state index contributed by atoms with van der Waals surface area (Å²) in [7, 11) is 1.00. The second kappa shape index (κ2) is 12.1. The SMILES string of the molecule is CC(=O)O.CO.O=C(O)C(=O)O. The molecule has 72 valence electrons. The van der Waals surface area contributed by atoms with Crippen molar-refractivity contribution in [2.45, 2.75) is 6.92 Å². The summed E-state index contributed by atoms with van der Waals surface area (Å²) in [5.41, 5.74) is 0. The van der Waals surface area contributed by atoms with Crippen LogP contribution in [0.2, 0.25) is 0 Å². The van der Waals surface area contributed by atoms with Crippen LogP contribution in [0, 0.1) is 0 Å². The Morgan fingerprint density at radius 3 is 0.917 bits per heavy atom. The van der Waals surface area contributed by atoms with Crippen molar-refractivity contribution in [1.82, 2.24) is 0 Å². The lowest BCUT2D eigenvalue weighted by atomic mass is 10.7. The summed E-state index contributed by atoms with van der Waals surface area (Å²) in [5, 5.41) is 29.2. The van der Waals surface area contributed by atoms with Gasteiger partial charge in [-0.15, -0.1) is 0 Å². The average molecular weight is 182 g/mol. The van der Waals surface area contributed by atoms with E-state index in [0.29, 0.717) is 0 Å². The maximum atomic E-state index is 9.10. The number of hydrogen-bond donors (Lipinski definition) is 4. The maximum Gasteiger partial charge on any atom is 0.414 e. The Hall–Kier alpha value is -1.63. The van der Waals surface area contributed by atoms with Crippen molar-refractivity contribution in [3.63, 3.8) is 0 Å². The third-order valence-electron chi connectivity index (χ3n) is 0.183.